The maximum Gasteiger partial charge on any atom is 0.349 e. The molecule has 3 aromatic carbocycles. The summed E-state index contributed by atoms with van der Waals surface area (Å²) in [4.78, 5) is 12.4. The number of unbranched alkanes of at least 4 members (excludes halogenated alkanes) is 1. The van der Waals surface area contributed by atoms with Gasteiger partial charge < -0.3 is 14.9 Å². The number of rotatable bonds is 12. The van der Waals surface area contributed by atoms with Gasteiger partial charge in [-0.1, -0.05) is 88.9 Å². The zero-order chi connectivity index (χ0) is 23.8. The van der Waals surface area contributed by atoms with Gasteiger partial charge in [0.25, 0.3) is 0 Å². The van der Waals surface area contributed by atoms with Crippen LogP contribution in [-0.4, -0.2) is 16.2 Å². The van der Waals surface area contributed by atoms with Crippen LogP contribution in [0, 0.1) is 0 Å². The third-order valence-electron chi connectivity index (χ3n) is 6.09. The summed E-state index contributed by atoms with van der Waals surface area (Å²) in [5.41, 5.74) is 3.50. The average Bonchev–Trinajstić information content (AvgIpc) is 2.81. The molecule has 3 aromatic rings. The Labute approximate surface area is 197 Å². The van der Waals surface area contributed by atoms with Gasteiger partial charge in [-0.05, 0) is 58.9 Å². The Hall–Kier alpha value is -2.85. The highest BCUT2D eigenvalue weighted by Gasteiger charge is 2.27. The van der Waals surface area contributed by atoms with Gasteiger partial charge in [-0.15, -0.1) is 0 Å². The molecule has 4 heteroatoms. The molecule has 2 N–H and O–H groups in total. The van der Waals surface area contributed by atoms with Gasteiger partial charge in [-0.2, -0.15) is 0 Å². The van der Waals surface area contributed by atoms with E-state index in [1.54, 1.807) is 0 Å². The van der Waals surface area contributed by atoms with Crippen LogP contribution in [-0.2, 0) is 17.6 Å². The van der Waals surface area contributed by atoms with E-state index < -0.39 is 18.2 Å². The number of carboxylic acids is 1. The van der Waals surface area contributed by atoms with Gasteiger partial charge in [0.2, 0.25) is 6.10 Å². The maximum atomic E-state index is 12.4. The van der Waals surface area contributed by atoms with Crippen molar-refractivity contribution in [1.82, 2.24) is 0 Å². The molecule has 4 nitrogen and oxygen atoms in total. The van der Waals surface area contributed by atoms with E-state index >= 15 is 0 Å². The van der Waals surface area contributed by atoms with Crippen molar-refractivity contribution in [1.29, 1.82) is 0 Å². The summed E-state index contributed by atoms with van der Waals surface area (Å²) in [6, 6.07) is 17.5. The van der Waals surface area contributed by atoms with Crippen LogP contribution in [0.3, 0.4) is 0 Å². The van der Waals surface area contributed by atoms with Gasteiger partial charge >= 0.3 is 5.97 Å². The number of benzene rings is 3. The standard InChI is InChI=1S/C29H36O4/c1-4-7-17-26(30)23-18-21(11-5-2)27(22(19-23)12-6-3)33-28(29(31)32)25-16-10-14-20-13-8-9-15-24(20)25/h8-10,13-16,18-19,26,28,30H,4-7,11-12,17H2,1-3H3,(H,31,32). The number of aliphatic hydroxyl groups excluding tert-OH is 1. The molecule has 0 saturated heterocycles. The van der Waals surface area contributed by atoms with Gasteiger partial charge in [0.1, 0.15) is 5.75 Å². The zero-order valence-corrected chi connectivity index (χ0v) is 20.0. The molecule has 0 aromatic heterocycles. The molecule has 0 amide bonds. The van der Waals surface area contributed by atoms with E-state index in [-0.39, 0.29) is 0 Å². The molecule has 0 heterocycles. The van der Waals surface area contributed by atoms with Gasteiger partial charge in [0.05, 0.1) is 6.10 Å². The first kappa shape index (κ1) is 24.8. The molecule has 0 bridgehead atoms. The average molecular weight is 449 g/mol. The van der Waals surface area contributed by atoms with Gasteiger partial charge in [-0.3, -0.25) is 0 Å². The van der Waals surface area contributed by atoms with Crippen LogP contribution in [0.5, 0.6) is 5.75 Å². The molecule has 2 unspecified atom stereocenters. The second-order valence-electron chi connectivity index (χ2n) is 8.73. The lowest BCUT2D eigenvalue weighted by atomic mass is 9.93. The molecule has 0 spiro atoms. The van der Waals surface area contributed by atoms with E-state index in [9.17, 15) is 15.0 Å². The van der Waals surface area contributed by atoms with Crippen LogP contribution in [0.25, 0.3) is 10.8 Å². The van der Waals surface area contributed by atoms with Crippen molar-refractivity contribution < 1.29 is 19.7 Å². The van der Waals surface area contributed by atoms with Crippen LogP contribution in [0.15, 0.2) is 54.6 Å². The smallest absolute Gasteiger partial charge is 0.349 e. The Kier molecular flexibility index (Phi) is 8.90. The molecular weight excluding hydrogens is 412 g/mol. The number of carbonyl (C=O) groups is 1. The molecular formula is C29H36O4. The largest absolute Gasteiger partial charge is 0.478 e. The molecule has 0 radical (unpaired) electrons. The van der Waals surface area contributed by atoms with Crippen molar-refractivity contribution in [3.05, 3.63) is 76.9 Å². The van der Waals surface area contributed by atoms with E-state index in [1.807, 2.05) is 54.6 Å². The fourth-order valence-corrected chi connectivity index (χ4v) is 4.44. The first-order valence-electron chi connectivity index (χ1n) is 12.2. The number of aliphatic carboxylic acids is 1. The summed E-state index contributed by atoms with van der Waals surface area (Å²) in [7, 11) is 0. The second-order valence-corrected chi connectivity index (χ2v) is 8.73. The summed E-state index contributed by atoms with van der Waals surface area (Å²) >= 11 is 0. The summed E-state index contributed by atoms with van der Waals surface area (Å²) in [5.74, 6) is -0.353. The van der Waals surface area contributed by atoms with Crippen LogP contribution >= 0.6 is 0 Å². The number of carboxylic acid groups (broad SMARTS) is 1. The fraction of sp³-hybridized carbons (Fsp3) is 0.414. The van der Waals surface area contributed by atoms with Crippen molar-refractivity contribution in [2.45, 2.75) is 77.9 Å². The number of fused-ring (bicyclic) bond motifs is 1. The minimum absolute atomic E-state index is 0.515. The third-order valence-corrected chi connectivity index (χ3v) is 6.09. The number of ether oxygens (including phenoxy) is 1. The van der Waals surface area contributed by atoms with Crippen molar-refractivity contribution in [2.75, 3.05) is 0 Å². The predicted octanol–water partition coefficient (Wildman–Crippen LogP) is 7.17. The third kappa shape index (κ3) is 5.94. The molecule has 3 rings (SSSR count). The molecule has 0 fully saturated rings. The number of aryl methyl sites for hydroxylation is 2. The first-order chi connectivity index (χ1) is 16.0. The lowest BCUT2D eigenvalue weighted by Crippen LogP contribution is -2.20. The Bertz CT molecular complexity index is 1040. The minimum Gasteiger partial charge on any atom is -0.478 e. The Morgan fingerprint density at radius 1 is 0.909 bits per heavy atom. The zero-order valence-electron chi connectivity index (χ0n) is 20.0. The predicted molar refractivity (Wildman–Crippen MR) is 134 cm³/mol. The first-order valence-corrected chi connectivity index (χ1v) is 12.2. The molecule has 176 valence electrons. The van der Waals surface area contributed by atoms with E-state index in [0.717, 1.165) is 72.4 Å². The maximum absolute atomic E-state index is 12.4. The summed E-state index contributed by atoms with van der Waals surface area (Å²) < 4.78 is 6.37. The van der Waals surface area contributed by atoms with E-state index in [4.69, 9.17) is 4.74 Å². The van der Waals surface area contributed by atoms with E-state index in [0.29, 0.717) is 11.3 Å². The summed E-state index contributed by atoms with van der Waals surface area (Å²) in [6.07, 6.45) is 4.44. The van der Waals surface area contributed by atoms with Gasteiger partial charge in [0, 0.05) is 5.56 Å². The van der Waals surface area contributed by atoms with Crippen LogP contribution in [0.4, 0.5) is 0 Å². The van der Waals surface area contributed by atoms with Crippen molar-refractivity contribution >= 4 is 16.7 Å². The molecule has 2 atom stereocenters. The molecule has 33 heavy (non-hydrogen) atoms. The fourth-order valence-electron chi connectivity index (χ4n) is 4.44. The van der Waals surface area contributed by atoms with Gasteiger partial charge in [-0.25, -0.2) is 4.79 Å². The highest BCUT2D eigenvalue weighted by molar-refractivity contribution is 5.90. The lowest BCUT2D eigenvalue weighted by molar-refractivity contribution is -0.145. The Balaban J connectivity index is 2.09. The molecule has 0 aliphatic rings. The topological polar surface area (TPSA) is 66.8 Å². The quantitative estimate of drug-likeness (QED) is 0.308. The van der Waals surface area contributed by atoms with Crippen LogP contribution in [0.2, 0.25) is 0 Å². The lowest BCUT2D eigenvalue weighted by Gasteiger charge is -2.24. The SMILES string of the molecule is CCCCC(O)c1cc(CCC)c(OC(C(=O)O)c2cccc3ccccc23)c(CCC)c1. The molecule has 0 aliphatic heterocycles. The number of aliphatic hydroxyl groups is 1. The second kappa shape index (κ2) is 11.9. The van der Waals surface area contributed by atoms with Crippen LogP contribution < -0.4 is 4.74 Å². The van der Waals surface area contributed by atoms with Crippen molar-refractivity contribution in [3.8, 4) is 5.75 Å². The van der Waals surface area contributed by atoms with Gasteiger partial charge in [0.15, 0.2) is 0 Å². The summed E-state index contributed by atoms with van der Waals surface area (Å²) in [5, 5.41) is 22.8. The minimum atomic E-state index is -1.11. The highest BCUT2D eigenvalue weighted by atomic mass is 16.5. The summed E-state index contributed by atoms with van der Waals surface area (Å²) in [6.45, 7) is 6.32. The van der Waals surface area contributed by atoms with Crippen molar-refractivity contribution in [2.24, 2.45) is 0 Å². The highest BCUT2D eigenvalue weighted by Crippen LogP contribution is 2.36. The molecule has 0 aliphatic carbocycles. The Morgan fingerprint density at radius 3 is 2.15 bits per heavy atom. The molecule has 0 saturated carbocycles. The van der Waals surface area contributed by atoms with Crippen LogP contribution in [0.1, 0.15) is 87.3 Å². The van der Waals surface area contributed by atoms with E-state index in [1.165, 1.54) is 0 Å². The monoisotopic (exact) mass is 448 g/mol. The number of hydrogen-bond donors (Lipinski definition) is 2. The number of hydrogen-bond acceptors (Lipinski definition) is 3. The Morgan fingerprint density at radius 2 is 1.55 bits per heavy atom. The van der Waals surface area contributed by atoms with E-state index in [2.05, 4.69) is 20.8 Å². The normalized spacial score (nSPS) is 13.1. The van der Waals surface area contributed by atoms with Crippen molar-refractivity contribution in [3.63, 3.8) is 0 Å².